The molecule has 0 aromatic heterocycles. The highest BCUT2D eigenvalue weighted by atomic mass is 35.5. The van der Waals surface area contributed by atoms with Gasteiger partial charge < -0.3 is 10.2 Å². The molecular formula is C20H26ClF3N4O2. The second-order valence-corrected chi connectivity index (χ2v) is 8.11. The van der Waals surface area contributed by atoms with Gasteiger partial charge in [-0.15, -0.1) is 0 Å². The molecule has 0 unspecified atom stereocenters. The van der Waals surface area contributed by atoms with E-state index in [2.05, 4.69) is 10.2 Å². The van der Waals surface area contributed by atoms with Crippen molar-refractivity contribution in [3.05, 3.63) is 28.8 Å². The Labute approximate surface area is 178 Å². The van der Waals surface area contributed by atoms with Crippen molar-refractivity contribution in [3.63, 3.8) is 0 Å². The summed E-state index contributed by atoms with van der Waals surface area (Å²) >= 11 is 5.90. The molecule has 2 fully saturated rings. The van der Waals surface area contributed by atoms with E-state index in [1.165, 1.54) is 12.1 Å². The number of nitrogens with one attached hydrogen (secondary N) is 1. The van der Waals surface area contributed by atoms with Crippen LogP contribution in [0.3, 0.4) is 0 Å². The smallest absolute Gasteiger partial charge is 0.342 e. The van der Waals surface area contributed by atoms with Crippen LogP contribution in [0.25, 0.3) is 0 Å². The average Bonchev–Trinajstić information content (AvgIpc) is 3.13. The van der Waals surface area contributed by atoms with E-state index in [1.807, 2.05) is 9.80 Å². The molecule has 0 saturated carbocycles. The molecule has 30 heavy (non-hydrogen) atoms. The highest BCUT2D eigenvalue weighted by Gasteiger charge is 2.35. The van der Waals surface area contributed by atoms with Crippen LogP contribution in [0, 0.1) is 0 Å². The van der Waals surface area contributed by atoms with Gasteiger partial charge in [-0.25, -0.2) is 0 Å². The van der Waals surface area contributed by atoms with E-state index in [9.17, 15) is 22.8 Å². The van der Waals surface area contributed by atoms with Crippen LogP contribution in [0.1, 0.15) is 24.8 Å². The summed E-state index contributed by atoms with van der Waals surface area (Å²) in [7, 11) is 0. The number of hydrogen-bond donors (Lipinski definition) is 1. The molecule has 2 aliphatic heterocycles. The Morgan fingerprint density at radius 3 is 2.20 bits per heavy atom. The molecule has 0 aliphatic carbocycles. The highest BCUT2D eigenvalue weighted by molar-refractivity contribution is 6.34. The highest BCUT2D eigenvalue weighted by Crippen LogP contribution is 2.38. The van der Waals surface area contributed by atoms with Crippen molar-refractivity contribution in [1.82, 2.24) is 14.7 Å². The van der Waals surface area contributed by atoms with E-state index in [0.717, 1.165) is 45.0 Å². The minimum absolute atomic E-state index is 0.0313. The summed E-state index contributed by atoms with van der Waals surface area (Å²) in [6, 6.07) is 3.41. The van der Waals surface area contributed by atoms with Crippen molar-refractivity contribution >= 4 is 29.1 Å². The van der Waals surface area contributed by atoms with Crippen LogP contribution in [-0.4, -0.2) is 78.9 Å². The fourth-order valence-electron chi connectivity index (χ4n) is 3.87. The van der Waals surface area contributed by atoms with Gasteiger partial charge in [-0.1, -0.05) is 17.7 Å². The van der Waals surface area contributed by atoms with Gasteiger partial charge in [0.1, 0.15) is 0 Å². The first-order valence-corrected chi connectivity index (χ1v) is 10.5. The first-order valence-electron chi connectivity index (χ1n) is 10.1. The van der Waals surface area contributed by atoms with E-state index < -0.39 is 23.3 Å². The lowest BCUT2D eigenvalue weighted by atomic mass is 10.1. The first-order chi connectivity index (χ1) is 14.2. The zero-order chi connectivity index (χ0) is 21.7. The molecule has 0 spiro atoms. The number of carbonyl (C=O) groups is 2. The number of benzene rings is 1. The molecule has 2 aliphatic rings. The molecule has 2 saturated heterocycles. The summed E-state index contributed by atoms with van der Waals surface area (Å²) in [6.07, 6.45) is -1.73. The summed E-state index contributed by atoms with van der Waals surface area (Å²) in [6.45, 7) is 4.56. The molecule has 3 rings (SSSR count). The van der Waals surface area contributed by atoms with Crippen LogP contribution in [-0.2, 0) is 15.8 Å². The van der Waals surface area contributed by atoms with Gasteiger partial charge in [-0.3, -0.25) is 19.4 Å². The lowest BCUT2D eigenvalue weighted by Crippen LogP contribution is -2.41. The Balaban J connectivity index is 1.52. The summed E-state index contributed by atoms with van der Waals surface area (Å²) in [4.78, 5) is 30.6. The first kappa shape index (κ1) is 22.8. The molecule has 1 N–H and O–H groups in total. The number of carbonyl (C=O) groups excluding carboxylic acids is 2. The van der Waals surface area contributed by atoms with Crippen molar-refractivity contribution in [2.45, 2.75) is 25.4 Å². The predicted octanol–water partition coefficient (Wildman–Crippen LogP) is 2.93. The SMILES string of the molecule is O=C(CN1CCCN(CC(=O)N2CCCC2)CC1)Nc1c(Cl)cccc1C(F)(F)F. The number of para-hydroxylation sites is 1. The van der Waals surface area contributed by atoms with Gasteiger partial charge in [0.15, 0.2) is 0 Å². The second-order valence-electron chi connectivity index (χ2n) is 7.70. The van der Waals surface area contributed by atoms with Gasteiger partial charge in [0, 0.05) is 26.2 Å². The molecule has 1 aromatic carbocycles. The second kappa shape index (κ2) is 9.98. The van der Waals surface area contributed by atoms with E-state index in [0.29, 0.717) is 26.2 Å². The average molecular weight is 447 g/mol. The fraction of sp³-hybridized carbons (Fsp3) is 0.600. The van der Waals surface area contributed by atoms with Gasteiger partial charge in [0.25, 0.3) is 0 Å². The van der Waals surface area contributed by atoms with Gasteiger partial charge in [0.2, 0.25) is 11.8 Å². The van der Waals surface area contributed by atoms with Gasteiger partial charge >= 0.3 is 6.18 Å². The van der Waals surface area contributed by atoms with Crippen LogP contribution in [0.4, 0.5) is 18.9 Å². The lowest BCUT2D eigenvalue weighted by Gasteiger charge is -2.24. The number of rotatable bonds is 5. The number of halogens is 4. The maximum Gasteiger partial charge on any atom is 0.418 e. The standard InChI is InChI=1S/C20H26ClF3N4O2/c21-16-6-3-5-15(20(22,23)24)19(16)25-17(29)13-26-7-4-8-27(12-11-26)14-18(30)28-9-1-2-10-28/h3,5-6H,1-2,4,7-14H2,(H,25,29). The number of anilines is 1. The molecule has 0 radical (unpaired) electrons. The summed E-state index contributed by atoms with van der Waals surface area (Å²) < 4.78 is 39.6. The van der Waals surface area contributed by atoms with Crippen molar-refractivity contribution in [2.24, 2.45) is 0 Å². The Kier molecular flexibility index (Phi) is 7.60. The third-order valence-electron chi connectivity index (χ3n) is 5.45. The van der Waals surface area contributed by atoms with Crippen molar-refractivity contribution in [3.8, 4) is 0 Å². The molecule has 0 bridgehead atoms. The Morgan fingerprint density at radius 1 is 0.933 bits per heavy atom. The minimum Gasteiger partial charge on any atom is -0.342 e. The van der Waals surface area contributed by atoms with Gasteiger partial charge in [-0.05, 0) is 44.5 Å². The van der Waals surface area contributed by atoms with E-state index in [-0.39, 0.29) is 17.5 Å². The van der Waals surface area contributed by atoms with E-state index in [4.69, 9.17) is 11.6 Å². The van der Waals surface area contributed by atoms with Crippen LogP contribution in [0.5, 0.6) is 0 Å². The normalized spacial score (nSPS) is 19.0. The Morgan fingerprint density at radius 2 is 1.57 bits per heavy atom. The van der Waals surface area contributed by atoms with Crippen LogP contribution in [0.2, 0.25) is 5.02 Å². The number of nitrogens with zero attached hydrogens (tertiary/aromatic N) is 3. The molecule has 6 nitrogen and oxygen atoms in total. The largest absolute Gasteiger partial charge is 0.418 e. The van der Waals surface area contributed by atoms with Gasteiger partial charge in [-0.2, -0.15) is 13.2 Å². The van der Waals surface area contributed by atoms with Crippen LogP contribution < -0.4 is 5.32 Å². The number of alkyl halides is 3. The maximum atomic E-state index is 13.2. The van der Waals surface area contributed by atoms with Gasteiger partial charge in [0.05, 0.1) is 29.4 Å². The molecule has 166 valence electrons. The quantitative estimate of drug-likeness (QED) is 0.755. The van der Waals surface area contributed by atoms with Crippen LogP contribution >= 0.6 is 11.6 Å². The number of likely N-dealkylation sites (tertiary alicyclic amines) is 1. The molecule has 0 atom stereocenters. The van der Waals surface area contributed by atoms with Crippen molar-refractivity contribution < 1.29 is 22.8 Å². The van der Waals surface area contributed by atoms with Crippen molar-refractivity contribution in [2.75, 3.05) is 57.7 Å². The Hall–Kier alpha value is -1.84. The molecule has 10 heteroatoms. The summed E-state index contributed by atoms with van der Waals surface area (Å²) in [5.41, 5.74) is -1.38. The molecule has 1 aromatic rings. The molecule has 2 amide bonds. The number of amides is 2. The van der Waals surface area contributed by atoms with E-state index in [1.54, 1.807) is 0 Å². The zero-order valence-electron chi connectivity index (χ0n) is 16.7. The van der Waals surface area contributed by atoms with E-state index >= 15 is 0 Å². The zero-order valence-corrected chi connectivity index (χ0v) is 17.4. The number of hydrogen-bond acceptors (Lipinski definition) is 4. The predicted molar refractivity (Wildman–Crippen MR) is 108 cm³/mol. The maximum absolute atomic E-state index is 13.2. The monoisotopic (exact) mass is 446 g/mol. The van der Waals surface area contributed by atoms with Crippen molar-refractivity contribution in [1.29, 1.82) is 0 Å². The third-order valence-corrected chi connectivity index (χ3v) is 5.76. The third kappa shape index (κ3) is 6.09. The Bertz CT molecular complexity index is 769. The molecular weight excluding hydrogens is 421 g/mol. The lowest BCUT2D eigenvalue weighted by molar-refractivity contribution is -0.137. The fourth-order valence-corrected chi connectivity index (χ4v) is 4.09. The minimum atomic E-state index is -4.61. The topological polar surface area (TPSA) is 55.9 Å². The van der Waals surface area contributed by atoms with Crippen LogP contribution in [0.15, 0.2) is 18.2 Å². The summed E-state index contributed by atoms with van der Waals surface area (Å²) in [5.74, 6) is -0.410. The molecule has 2 heterocycles. The summed E-state index contributed by atoms with van der Waals surface area (Å²) in [5, 5.41) is 2.17.